The highest BCUT2D eigenvalue weighted by Crippen LogP contribution is 2.17. The van der Waals surface area contributed by atoms with Crippen molar-refractivity contribution in [3.8, 4) is 0 Å². The van der Waals surface area contributed by atoms with E-state index in [1.165, 1.54) is 18.6 Å². The summed E-state index contributed by atoms with van der Waals surface area (Å²) < 4.78 is 26.1. The lowest BCUT2D eigenvalue weighted by molar-refractivity contribution is 0.233. The molecule has 3 nitrogen and oxygen atoms in total. The average molecular weight is 282 g/mol. The summed E-state index contributed by atoms with van der Waals surface area (Å²) >= 11 is 0. The lowest BCUT2D eigenvalue weighted by atomic mass is 9.96. The maximum absolute atomic E-state index is 13.4. The fourth-order valence-electron chi connectivity index (χ4n) is 2.52. The third-order valence-electron chi connectivity index (χ3n) is 3.64. The molecule has 2 rings (SSSR count). The minimum Gasteiger partial charge on any atom is -0.338 e. The van der Waals surface area contributed by atoms with Crippen molar-refractivity contribution < 1.29 is 13.6 Å². The number of nitrogens with one attached hydrogen (secondary N) is 2. The van der Waals surface area contributed by atoms with Crippen molar-refractivity contribution in [2.24, 2.45) is 0 Å². The van der Waals surface area contributed by atoms with E-state index in [-0.39, 0.29) is 12.1 Å². The van der Waals surface area contributed by atoms with Gasteiger partial charge in [-0.1, -0.05) is 25.3 Å². The average Bonchev–Trinajstić information content (AvgIpc) is 2.42. The maximum Gasteiger partial charge on any atom is 0.315 e. The number of halogens is 2. The molecule has 5 heteroatoms. The molecule has 1 saturated carbocycles. The monoisotopic (exact) mass is 282 g/mol. The summed E-state index contributed by atoms with van der Waals surface area (Å²) in [6.07, 6.45) is 5.96. The first kappa shape index (κ1) is 14.8. The van der Waals surface area contributed by atoms with E-state index < -0.39 is 11.6 Å². The molecule has 0 aromatic heterocycles. The van der Waals surface area contributed by atoms with Gasteiger partial charge in [0.15, 0.2) is 0 Å². The van der Waals surface area contributed by atoms with Crippen LogP contribution in [0.2, 0.25) is 0 Å². The second-order valence-corrected chi connectivity index (χ2v) is 5.22. The first-order valence-corrected chi connectivity index (χ1v) is 7.13. The topological polar surface area (TPSA) is 41.1 Å². The molecule has 1 aromatic carbocycles. The van der Waals surface area contributed by atoms with E-state index in [9.17, 15) is 13.6 Å². The zero-order valence-corrected chi connectivity index (χ0v) is 11.4. The Morgan fingerprint density at radius 3 is 2.65 bits per heavy atom. The molecule has 2 N–H and O–H groups in total. The summed E-state index contributed by atoms with van der Waals surface area (Å²) in [6.45, 7) is 0.334. The first-order chi connectivity index (χ1) is 9.65. The van der Waals surface area contributed by atoms with Crippen molar-refractivity contribution >= 4 is 6.03 Å². The van der Waals surface area contributed by atoms with Crippen molar-refractivity contribution in [2.75, 3.05) is 6.54 Å². The molecule has 20 heavy (non-hydrogen) atoms. The molecule has 0 saturated heterocycles. The molecule has 1 fully saturated rings. The molecular weight excluding hydrogens is 262 g/mol. The second-order valence-electron chi connectivity index (χ2n) is 5.22. The van der Waals surface area contributed by atoms with Gasteiger partial charge < -0.3 is 10.6 Å². The molecule has 1 aliphatic carbocycles. The highest BCUT2D eigenvalue weighted by atomic mass is 19.1. The Hall–Kier alpha value is -1.65. The van der Waals surface area contributed by atoms with Crippen LogP contribution in [0.25, 0.3) is 0 Å². The number of rotatable bonds is 4. The molecule has 0 heterocycles. The van der Waals surface area contributed by atoms with Gasteiger partial charge in [-0.25, -0.2) is 13.6 Å². The molecule has 0 bridgehead atoms. The van der Waals surface area contributed by atoms with Crippen LogP contribution in [-0.2, 0) is 6.42 Å². The SMILES string of the molecule is O=C(NCCc1ccc(F)cc1F)NC1CCCCC1. The first-order valence-electron chi connectivity index (χ1n) is 7.13. The zero-order chi connectivity index (χ0) is 14.4. The third-order valence-corrected chi connectivity index (χ3v) is 3.64. The standard InChI is InChI=1S/C15H20F2N2O/c16-12-7-6-11(14(17)10-12)8-9-18-15(20)19-13-4-2-1-3-5-13/h6-7,10,13H,1-5,8-9H2,(H2,18,19,20). The number of benzene rings is 1. The summed E-state index contributed by atoms with van der Waals surface area (Å²) in [4.78, 5) is 11.7. The molecule has 0 atom stereocenters. The minimum absolute atomic E-state index is 0.209. The molecular formula is C15H20F2N2O. The Morgan fingerprint density at radius 2 is 1.95 bits per heavy atom. The van der Waals surface area contributed by atoms with Gasteiger partial charge in [-0.2, -0.15) is 0 Å². The highest BCUT2D eigenvalue weighted by molar-refractivity contribution is 5.74. The molecule has 110 valence electrons. The molecule has 2 amide bonds. The van der Waals surface area contributed by atoms with E-state index in [2.05, 4.69) is 10.6 Å². The van der Waals surface area contributed by atoms with Crippen LogP contribution in [0.15, 0.2) is 18.2 Å². The van der Waals surface area contributed by atoms with Crippen LogP contribution in [0.5, 0.6) is 0 Å². The summed E-state index contributed by atoms with van der Waals surface area (Å²) in [5, 5.41) is 5.63. The van der Waals surface area contributed by atoms with Gasteiger partial charge in [0.1, 0.15) is 11.6 Å². The number of carbonyl (C=O) groups excluding carboxylic acids is 1. The predicted molar refractivity (Wildman–Crippen MR) is 73.5 cm³/mol. The molecule has 0 radical (unpaired) electrons. The number of carbonyl (C=O) groups is 1. The van der Waals surface area contributed by atoms with Crippen molar-refractivity contribution in [2.45, 2.75) is 44.6 Å². The molecule has 0 unspecified atom stereocenters. The van der Waals surface area contributed by atoms with Crippen molar-refractivity contribution in [1.82, 2.24) is 10.6 Å². The predicted octanol–water partition coefficient (Wildman–Crippen LogP) is 3.14. The van der Waals surface area contributed by atoms with Crippen LogP contribution in [0.1, 0.15) is 37.7 Å². The molecule has 0 spiro atoms. The Labute approximate surface area is 117 Å². The van der Waals surface area contributed by atoms with Gasteiger partial charge in [-0.05, 0) is 30.9 Å². The largest absolute Gasteiger partial charge is 0.338 e. The van der Waals surface area contributed by atoms with Crippen LogP contribution >= 0.6 is 0 Å². The Balaban J connectivity index is 1.70. The molecule has 1 aromatic rings. The lowest BCUT2D eigenvalue weighted by Gasteiger charge is -2.22. The summed E-state index contributed by atoms with van der Waals surface area (Å²) in [7, 11) is 0. The van der Waals surface area contributed by atoms with Crippen molar-refractivity contribution in [3.63, 3.8) is 0 Å². The van der Waals surface area contributed by atoms with Crippen LogP contribution in [-0.4, -0.2) is 18.6 Å². The summed E-state index contributed by atoms with van der Waals surface area (Å²) in [5.41, 5.74) is 0.407. The van der Waals surface area contributed by atoms with Crippen molar-refractivity contribution in [1.29, 1.82) is 0 Å². The maximum atomic E-state index is 13.4. The van der Waals surface area contributed by atoms with Gasteiger partial charge in [0.25, 0.3) is 0 Å². The summed E-state index contributed by atoms with van der Waals surface area (Å²) in [6, 6.07) is 3.54. The van der Waals surface area contributed by atoms with Crippen LogP contribution in [0.3, 0.4) is 0 Å². The van der Waals surface area contributed by atoms with Gasteiger partial charge in [0, 0.05) is 18.7 Å². The van der Waals surface area contributed by atoms with Crippen molar-refractivity contribution in [3.05, 3.63) is 35.4 Å². The number of hydrogen-bond acceptors (Lipinski definition) is 1. The van der Waals surface area contributed by atoms with Gasteiger partial charge in [-0.15, -0.1) is 0 Å². The highest BCUT2D eigenvalue weighted by Gasteiger charge is 2.15. The fraction of sp³-hybridized carbons (Fsp3) is 0.533. The van der Waals surface area contributed by atoms with Crippen LogP contribution in [0, 0.1) is 11.6 Å². The van der Waals surface area contributed by atoms with E-state index in [1.807, 2.05) is 0 Å². The third kappa shape index (κ3) is 4.47. The molecule has 1 aliphatic rings. The van der Waals surface area contributed by atoms with Gasteiger partial charge in [-0.3, -0.25) is 0 Å². The Morgan fingerprint density at radius 1 is 1.20 bits per heavy atom. The quantitative estimate of drug-likeness (QED) is 0.875. The van der Waals surface area contributed by atoms with E-state index in [4.69, 9.17) is 0 Å². The van der Waals surface area contributed by atoms with Crippen LogP contribution < -0.4 is 10.6 Å². The minimum atomic E-state index is -0.589. The van der Waals surface area contributed by atoms with Gasteiger partial charge in [0.05, 0.1) is 0 Å². The van der Waals surface area contributed by atoms with Crippen LogP contribution in [0.4, 0.5) is 13.6 Å². The normalized spacial score (nSPS) is 15.9. The Bertz CT molecular complexity index is 459. The second kappa shape index (κ2) is 7.22. The number of amides is 2. The number of hydrogen-bond donors (Lipinski definition) is 2. The van der Waals surface area contributed by atoms with E-state index >= 15 is 0 Å². The van der Waals surface area contributed by atoms with Gasteiger partial charge in [0.2, 0.25) is 0 Å². The number of urea groups is 1. The van der Waals surface area contributed by atoms with E-state index in [0.717, 1.165) is 31.7 Å². The smallest absolute Gasteiger partial charge is 0.315 e. The van der Waals surface area contributed by atoms with E-state index in [1.54, 1.807) is 0 Å². The van der Waals surface area contributed by atoms with Gasteiger partial charge >= 0.3 is 6.03 Å². The molecule has 0 aliphatic heterocycles. The zero-order valence-electron chi connectivity index (χ0n) is 11.4. The summed E-state index contributed by atoms with van der Waals surface area (Å²) in [5.74, 6) is -1.16. The fourth-order valence-corrected chi connectivity index (χ4v) is 2.52. The lowest BCUT2D eigenvalue weighted by Crippen LogP contribution is -2.43. The van der Waals surface area contributed by atoms with E-state index in [0.29, 0.717) is 18.5 Å². The Kier molecular flexibility index (Phi) is 5.32.